The highest BCUT2D eigenvalue weighted by molar-refractivity contribution is 9.10. The van der Waals surface area contributed by atoms with Crippen LogP contribution in [-0.4, -0.2) is 42.2 Å². The number of aliphatic hydroxyl groups excluding tert-OH is 1. The number of alkyl halides is 1. The van der Waals surface area contributed by atoms with E-state index < -0.39 is 0 Å². The summed E-state index contributed by atoms with van der Waals surface area (Å²) in [7, 11) is 0. The summed E-state index contributed by atoms with van der Waals surface area (Å²) in [6.07, 6.45) is 0.769. The van der Waals surface area contributed by atoms with E-state index in [1.807, 2.05) is 0 Å². The van der Waals surface area contributed by atoms with Crippen molar-refractivity contribution in [1.29, 1.82) is 0 Å². The Labute approximate surface area is 86.8 Å². The van der Waals surface area contributed by atoms with Gasteiger partial charge in [0.05, 0.1) is 18.0 Å². The SMILES string of the molecule is CC(Br)C(=O)NCCCOCCO. The summed E-state index contributed by atoms with van der Waals surface area (Å²) in [5.41, 5.74) is 0. The van der Waals surface area contributed by atoms with Crippen LogP contribution in [0.25, 0.3) is 0 Å². The second-order valence-corrected chi connectivity index (χ2v) is 3.97. The summed E-state index contributed by atoms with van der Waals surface area (Å²) in [6, 6.07) is 0. The number of nitrogens with one attached hydrogen (secondary N) is 1. The Morgan fingerprint density at radius 2 is 2.31 bits per heavy atom. The number of carbonyl (C=O) groups excluding carboxylic acids is 1. The third-order valence-corrected chi connectivity index (χ3v) is 1.78. The van der Waals surface area contributed by atoms with Crippen LogP contribution in [0.3, 0.4) is 0 Å². The van der Waals surface area contributed by atoms with Gasteiger partial charge in [-0.15, -0.1) is 0 Å². The fourth-order valence-electron chi connectivity index (χ4n) is 0.693. The van der Waals surface area contributed by atoms with Gasteiger partial charge in [0, 0.05) is 13.2 Å². The molecule has 0 bridgehead atoms. The Hall–Kier alpha value is -0.130. The second kappa shape index (κ2) is 8.47. The standard InChI is InChI=1S/C8H16BrNO3/c1-7(9)8(12)10-3-2-5-13-6-4-11/h7,11H,2-6H2,1H3,(H,10,12). The van der Waals surface area contributed by atoms with Gasteiger partial charge in [-0.25, -0.2) is 0 Å². The number of hydrogen-bond donors (Lipinski definition) is 2. The first-order valence-corrected chi connectivity index (χ1v) is 5.20. The summed E-state index contributed by atoms with van der Waals surface area (Å²) in [4.78, 5) is 10.8. The summed E-state index contributed by atoms with van der Waals surface area (Å²) < 4.78 is 5.01. The molecular weight excluding hydrogens is 238 g/mol. The van der Waals surface area contributed by atoms with Gasteiger partial charge in [0.25, 0.3) is 0 Å². The normalized spacial score (nSPS) is 12.5. The first-order valence-electron chi connectivity index (χ1n) is 4.29. The van der Waals surface area contributed by atoms with Gasteiger partial charge in [-0.1, -0.05) is 15.9 Å². The average molecular weight is 254 g/mol. The van der Waals surface area contributed by atoms with E-state index in [1.54, 1.807) is 6.92 Å². The molecule has 13 heavy (non-hydrogen) atoms. The summed E-state index contributed by atoms with van der Waals surface area (Å²) >= 11 is 3.16. The molecule has 1 unspecified atom stereocenters. The van der Waals surface area contributed by atoms with Gasteiger partial charge in [0.1, 0.15) is 0 Å². The zero-order valence-electron chi connectivity index (χ0n) is 7.75. The number of rotatable bonds is 7. The molecule has 0 aliphatic heterocycles. The minimum Gasteiger partial charge on any atom is -0.394 e. The van der Waals surface area contributed by atoms with Gasteiger partial charge in [0.2, 0.25) is 5.91 Å². The lowest BCUT2D eigenvalue weighted by atomic mass is 10.4. The van der Waals surface area contributed by atoms with Crippen LogP contribution in [0.2, 0.25) is 0 Å². The number of hydrogen-bond acceptors (Lipinski definition) is 3. The lowest BCUT2D eigenvalue weighted by molar-refractivity contribution is -0.120. The Bertz CT molecular complexity index is 141. The third-order valence-electron chi connectivity index (χ3n) is 1.36. The monoisotopic (exact) mass is 253 g/mol. The van der Waals surface area contributed by atoms with E-state index in [-0.39, 0.29) is 17.3 Å². The maximum absolute atomic E-state index is 11.0. The molecule has 78 valence electrons. The van der Waals surface area contributed by atoms with Crippen molar-refractivity contribution >= 4 is 21.8 Å². The molecule has 0 aliphatic carbocycles. The van der Waals surface area contributed by atoms with Gasteiger partial charge in [-0.3, -0.25) is 4.79 Å². The fourth-order valence-corrected chi connectivity index (χ4v) is 0.855. The number of aliphatic hydroxyl groups is 1. The topological polar surface area (TPSA) is 58.6 Å². The van der Waals surface area contributed by atoms with E-state index in [0.29, 0.717) is 19.8 Å². The number of halogens is 1. The minimum atomic E-state index is -0.147. The van der Waals surface area contributed by atoms with E-state index in [4.69, 9.17) is 9.84 Å². The molecule has 0 fully saturated rings. The first-order chi connectivity index (χ1) is 6.18. The molecule has 0 aromatic heterocycles. The number of amides is 1. The van der Waals surface area contributed by atoms with Crippen molar-refractivity contribution in [3.63, 3.8) is 0 Å². The van der Waals surface area contributed by atoms with Crippen LogP contribution in [-0.2, 0) is 9.53 Å². The summed E-state index contributed by atoms with van der Waals surface area (Å²) in [5, 5.41) is 11.1. The average Bonchev–Trinajstić information content (AvgIpc) is 2.10. The molecule has 5 heteroatoms. The molecule has 0 radical (unpaired) electrons. The summed E-state index contributed by atoms with van der Waals surface area (Å²) in [6.45, 7) is 3.36. The molecule has 0 spiro atoms. The van der Waals surface area contributed by atoms with Crippen LogP contribution < -0.4 is 5.32 Å². The molecule has 2 N–H and O–H groups in total. The molecule has 0 heterocycles. The van der Waals surface area contributed by atoms with Crippen LogP contribution in [0.4, 0.5) is 0 Å². The van der Waals surface area contributed by atoms with Gasteiger partial charge >= 0.3 is 0 Å². The van der Waals surface area contributed by atoms with Gasteiger partial charge in [-0.05, 0) is 13.3 Å². The fraction of sp³-hybridized carbons (Fsp3) is 0.875. The largest absolute Gasteiger partial charge is 0.394 e. The second-order valence-electron chi connectivity index (χ2n) is 2.60. The third kappa shape index (κ3) is 8.21. The van der Waals surface area contributed by atoms with Gasteiger partial charge in [0.15, 0.2) is 0 Å². The van der Waals surface area contributed by atoms with E-state index in [1.165, 1.54) is 0 Å². The summed E-state index contributed by atoms with van der Waals surface area (Å²) in [5.74, 6) is -0.0119. The van der Waals surface area contributed by atoms with Gasteiger partial charge in [-0.2, -0.15) is 0 Å². The Kier molecular flexibility index (Phi) is 8.38. The van der Waals surface area contributed by atoms with Crippen molar-refractivity contribution in [3.05, 3.63) is 0 Å². The Morgan fingerprint density at radius 3 is 2.85 bits per heavy atom. The molecule has 1 amide bonds. The first kappa shape index (κ1) is 12.9. The van der Waals surface area contributed by atoms with Gasteiger partial charge < -0.3 is 15.2 Å². The quantitative estimate of drug-likeness (QED) is 0.507. The Balaban J connectivity index is 3.12. The number of ether oxygens (including phenoxy) is 1. The molecule has 0 saturated heterocycles. The maximum Gasteiger partial charge on any atom is 0.233 e. The van der Waals surface area contributed by atoms with Crippen molar-refractivity contribution in [2.75, 3.05) is 26.4 Å². The van der Waals surface area contributed by atoms with Crippen molar-refractivity contribution < 1.29 is 14.6 Å². The molecule has 0 aromatic rings. The molecule has 0 aliphatic rings. The predicted octanol–water partition coefficient (Wildman–Crippen LogP) is 0.285. The minimum absolute atomic E-state index is 0.0119. The van der Waals surface area contributed by atoms with E-state index >= 15 is 0 Å². The molecule has 0 rings (SSSR count). The van der Waals surface area contributed by atoms with E-state index in [9.17, 15) is 4.79 Å². The van der Waals surface area contributed by atoms with Crippen LogP contribution in [0.15, 0.2) is 0 Å². The van der Waals surface area contributed by atoms with Crippen LogP contribution in [0, 0.1) is 0 Å². The smallest absolute Gasteiger partial charge is 0.233 e. The highest BCUT2D eigenvalue weighted by atomic mass is 79.9. The lowest BCUT2D eigenvalue weighted by Gasteiger charge is -2.06. The number of carbonyl (C=O) groups is 1. The van der Waals surface area contributed by atoms with Crippen molar-refractivity contribution in [3.8, 4) is 0 Å². The zero-order valence-corrected chi connectivity index (χ0v) is 9.34. The Morgan fingerprint density at radius 1 is 1.62 bits per heavy atom. The van der Waals surface area contributed by atoms with E-state index in [0.717, 1.165) is 6.42 Å². The van der Waals surface area contributed by atoms with Crippen molar-refractivity contribution in [2.24, 2.45) is 0 Å². The predicted molar refractivity (Wildman–Crippen MR) is 53.9 cm³/mol. The molecule has 0 aromatic carbocycles. The lowest BCUT2D eigenvalue weighted by Crippen LogP contribution is -2.30. The van der Waals surface area contributed by atoms with Crippen LogP contribution in [0.5, 0.6) is 0 Å². The molecular formula is C8H16BrNO3. The molecule has 0 saturated carbocycles. The highest BCUT2D eigenvalue weighted by Crippen LogP contribution is 1.95. The maximum atomic E-state index is 11.0. The van der Waals surface area contributed by atoms with E-state index in [2.05, 4.69) is 21.2 Å². The highest BCUT2D eigenvalue weighted by Gasteiger charge is 2.06. The van der Waals surface area contributed by atoms with Crippen LogP contribution in [0.1, 0.15) is 13.3 Å². The molecule has 4 nitrogen and oxygen atoms in total. The van der Waals surface area contributed by atoms with Crippen molar-refractivity contribution in [2.45, 2.75) is 18.2 Å². The van der Waals surface area contributed by atoms with Crippen molar-refractivity contribution in [1.82, 2.24) is 5.32 Å². The zero-order chi connectivity index (χ0) is 10.1. The molecule has 1 atom stereocenters. The van der Waals surface area contributed by atoms with Crippen LogP contribution >= 0.6 is 15.9 Å².